The number of nitriles is 1. The Hall–Kier alpha value is -1.98. The van der Waals surface area contributed by atoms with Gasteiger partial charge in [-0.05, 0) is 25.0 Å². The normalized spacial score (nSPS) is 17.3. The van der Waals surface area contributed by atoms with Gasteiger partial charge in [-0.1, -0.05) is 12.8 Å². The lowest BCUT2D eigenvalue weighted by molar-refractivity contribution is -0.148. The quantitative estimate of drug-likeness (QED) is 0.833. The molecule has 0 unspecified atom stereocenters. The third-order valence-corrected chi connectivity index (χ3v) is 5.21. The lowest BCUT2D eigenvalue weighted by Gasteiger charge is -2.23. The Morgan fingerprint density at radius 2 is 2.14 bits per heavy atom. The lowest BCUT2D eigenvalue weighted by Crippen LogP contribution is -2.41. The van der Waals surface area contributed by atoms with Crippen LogP contribution in [0.2, 0.25) is 0 Å². The van der Waals surface area contributed by atoms with Crippen molar-refractivity contribution in [2.75, 3.05) is 6.54 Å². The highest BCUT2D eigenvalue weighted by Gasteiger charge is 2.42. The first kappa shape index (κ1) is 15.4. The third kappa shape index (κ3) is 3.04. The van der Waals surface area contributed by atoms with Gasteiger partial charge in [0.25, 0.3) is 0 Å². The molecule has 0 aliphatic heterocycles. The molecule has 1 aliphatic rings. The standard InChI is InChI=1S/C13H15N3O4S/c14-8-10-11(4-3-7-15-10)21(19,20)16-9-13(12(17)18)5-1-2-6-13/h3-4,7,16H,1-2,5-6,9H2,(H,17,18). The molecule has 1 aromatic heterocycles. The number of carboxylic acids is 1. The number of hydrogen-bond donors (Lipinski definition) is 2. The molecule has 7 nitrogen and oxygen atoms in total. The highest BCUT2D eigenvalue weighted by atomic mass is 32.2. The molecule has 1 fully saturated rings. The van der Waals surface area contributed by atoms with E-state index in [-0.39, 0.29) is 17.1 Å². The number of carboxylic acid groups (broad SMARTS) is 1. The van der Waals surface area contributed by atoms with Crippen LogP contribution in [-0.4, -0.2) is 31.0 Å². The van der Waals surface area contributed by atoms with E-state index in [2.05, 4.69) is 9.71 Å². The van der Waals surface area contributed by atoms with Crippen molar-refractivity contribution in [2.45, 2.75) is 30.6 Å². The van der Waals surface area contributed by atoms with E-state index in [1.165, 1.54) is 18.3 Å². The second-order valence-corrected chi connectivity index (χ2v) is 6.81. The maximum absolute atomic E-state index is 12.2. The average molecular weight is 309 g/mol. The fourth-order valence-electron chi connectivity index (χ4n) is 2.52. The summed E-state index contributed by atoms with van der Waals surface area (Å²) in [5.41, 5.74) is -1.26. The third-order valence-electron chi connectivity index (χ3n) is 3.78. The molecule has 0 amide bonds. The maximum Gasteiger partial charge on any atom is 0.310 e. The van der Waals surface area contributed by atoms with E-state index < -0.39 is 21.4 Å². The first-order valence-corrected chi connectivity index (χ1v) is 7.98. The van der Waals surface area contributed by atoms with Gasteiger partial charge in [0.15, 0.2) is 5.69 Å². The van der Waals surface area contributed by atoms with Gasteiger partial charge in [0.1, 0.15) is 11.0 Å². The number of aromatic nitrogens is 1. The summed E-state index contributed by atoms with van der Waals surface area (Å²) in [7, 11) is -3.96. The van der Waals surface area contributed by atoms with Crippen LogP contribution in [0.1, 0.15) is 31.4 Å². The van der Waals surface area contributed by atoms with Crippen molar-refractivity contribution in [1.82, 2.24) is 9.71 Å². The van der Waals surface area contributed by atoms with Gasteiger partial charge in [-0.2, -0.15) is 5.26 Å². The molecule has 0 atom stereocenters. The Labute approximate surface area is 122 Å². The molecule has 0 radical (unpaired) electrons. The summed E-state index contributed by atoms with van der Waals surface area (Å²) in [6, 6.07) is 4.40. The van der Waals surface area contributed by atoms with Gasteiger partial charge < -0.3 is 5.11 Å². The van der Waals surface area contributed by atoms with Crippen LogP contribution in [0.25, 0.3) is 0 Å². The van der Waals surface area contributed by atoms with E-state index in [0.717, 1.165) is 12.8 Å². The number of rotatable bonds is 5. The Balaban J connectivity index is 2.22. The molecule has 0 aromatic carbocycles. The van der Waals surface area contributed by atoms with E-state index in [9.17, 15) is 18.3 Å². The molecule has 8 heteroatoms. The molecule has 0 spiro atoms. The van der Waals surface area contributed by atoms with Gasteiger partial charge >= 0.3 is 5.97 Å². The minimum Gasteiger partial charge on any atom is -0.481 e. The van der Waals surface area contributed by atoms with Crippen LogP contribution in [0.15, 0.2) is 23.2 Å². The summed E-state index contributed by atoms with van der Waals surface area (Å²) in [5, 5.41) is 18.2. The van der Waals surface area contributed by atoms with Crippen molar-refractivity contribution in [2.24, 2.45) is 5.41 Å². The van der Waals surface area contributed by atoms with Gasteiger partial charge in [0.05, 0.1) is 5.41 Å². The van der Waals surface area contributed by atoms with E-state index in [0.29, 0.717) is 12.8 Å². The van der Waals surface area contributed by atoms with Crippen LogP contribution < -0.4 is 4.72 Å². The van der Waals surface area contributed by atoms with E-state index in [4.69, 9.17) is 5.26 Å². The summed E-state index contributed by atoms with van der Waals surface area (Å²) < 4.78 is 26.8. The summed E-state index contributed by atoms with van der Waals surface area (Å²) in [6.45, 7) is -0.176. The summed E-state index contributed by atoms with van der Waals surface area (Å²) in [5.74, 6) is -0.991. The molecule has 0 saturated heterocycles. The van der Waals surface area contributed by atoms with E-state index in [1.807, 2.05) is 0 Å². The van der Waals surface area contributed by atoms with Gasteiger partial charge in [-0.3, -0.25) is 4.79 Å². The van der Waals surface area contributed by atoms with Crippen LogP contribution in [0.5, 0.6) is 0 Å². The van der Waals surface area contributed by atoms with Crippen molar-refractivity contribution in [1.29, 1.82) is 5.26 Å². The SMILES string of the molecule is N#Cc1ncccc1S(=O)(=O)NCC1(C(=O)O)CCCC1. The van der Waals surface area contributed by atoms with Gasteiger partial charge in [0, 0.05) is 12.7 Å². The van der Waals surface area contributed by atoms with Gasteiger partial charge in [-0.25, -0.2) is 18.1 Å². The topological polar surface area (TPSA) is 120 Å². The molecule has 1 heterocycles. The summed E-state index contributed by atoms with van der Waals surface area (Å²) in [4.78, 5) is 14.9. The van der Waals surface area contributed by atoms with Crippen LogP contribution in [0, 0.1) is 16.7 Å². The Bertz CT molecular complexity index is 688. The lowest BCUT2D eigenvalue weighted by atomic mass is 9.87. The van der Waals surface area contributed by atoms with Crippen LogP contribution in [0.3, 0.4) is 0 Å². The number of nitrogens with one attached hydrogen (secondary N) is 1. The van der Waals surface area contributed by atoms with Crippen LogP contribution in [0.4, 0.5) is 0 Å². The Morgan fingerprint density at radius 1 is 1.48 bits per heavy atom. The largest absolute Gasteiger partial charge is 0.481 e. The minimum atomic E-state index is -3.96. The highest BCUT2D eigenvalue weighted by Crippen LogP contribution is 2.38. The zero-order valence-corrected chi connectivity index (χ0v) is 12.1. The summed E-state index contributed by atoms with van der Waals surface area (Å²) >= 11 is 0. The number of aliphatic carboxylic acids is 1. The van der Waals surface area contributed by atoms with Crippen LogP contribution in [-0.2, 0) is 14.8 Å². The fourth-order valence-corrected chi connectivity index (χ4v) is 3.75. The van der Waals surface area contributed by atoms with Crippen molar-refractivity contribution in [3.05, 3.63) is 24.0 Å². The first-order chi connectivity index (χ1) is 9.91. The number of sulfonamides is 1. The Morgan fingerprint density at radius 3 is 2.71 bits per heavy atom. The fraction of sp³-hybridized carbons (Fsp3) is 0.462. The zero-order valence-electron chi connectivity index (χ0n) is 11.2. The molecule has 112 valence electrons. The molecule has 2 rings (SSSR count). The smallest absolute Gasteiger partial charge is 0.310 e. The highest BCUT2D eigenvalue weighted by molar-refractivity contribution is 7.89. The molecule has 1 aliphatic carbocycles. The Kier molecular flexibility index (Phi) is 4.25. The molecule has 1 aromatic rings. The molecule has 2 N–H and O–H groups in total. The summed E-state index contributed by atoms with van der Waals surface area (Å²) in [6.07, 6.45) is 3.76. The minimum absolute atomic E-state index is 0.176. The van der Waals surface area contributed by atoms with E-state index >= 15 is 0 Å². The zero-order chi connectivity index (χ0) is 15.5. The second kappa shape index (κ2) is 5.79. The number of pyridine rings is 1. The molecule has 0 bridgehead atoms. The molecule has 1 saturated carbocycles. The first-order valence-electron chi connectivity index (χ1n) is 6.49. The monoisotopic (exact) mass is 309 g/mol. The average Bonchev–Trinajstić information content (AvgIpc) is 2.95. The number of nitrogens with zero attached hydrogens (tertiary/aromatic N) is 2. The predicted molar refractivity (Wildman–Crippen MR) is 72.7 cm³/mol. The number of carbonyl (C=O) groups is 1. The second-order valence-electron chi connectivity index (χ2n) is 5.08. The van der Waals surface area contributed by atoms with Crippen LogP contribution >= 0.6 is 0 Å². The molecular formula is C13H15N3O4S. The van der Waals surface area contributed by atoms with Crippen molar-refractivity contribution in [3.63, 3.8) is 0 Å². The maximum atomic E-state index is 12.2. The van der Waals surface area contributed by atoms with Crippen molar-refractivity contribution in [3.8, 4) is 6.07 Å². The van der Waals surface area contributed by atoms with Crippen molar-refractivity contribution < 1.29 is 18.3 Å². The molecule has 21 heavy (non-hydrogen) atoms. The van der Waals surface area contributed by atoms with Gasteiger partial charge in [-0.15, -0.1) is 0 Å². The van der Waals surface area contributed by atoms with Gasteiger partial charge in [0.2, 0.25) is 10.0 Å². The van der Waals surface area contributed by atoms with Crippen molar-refractivity contribution >= 4 is 16.0 Å². The number of hydrogen-bond acceptors (Lipinski definition) is 5. The van der Waals surface area contributed by atoms with E-state index in [1.54, 1.807) is 6.07 Å². The predicted octanol–water partition coefficient (Wildman–Crippen LogP) is 0.877. The molecular weight excluding hydrogens is 294 g/mol.